The monoisotopic (exact) mass is 348 g/mol. The molecule has 6 nitrogen and oxygen atoms in total. The van der Waals surface area contributed by atoms with Crippen LogP contribution in [0, 0.1) is 0 Å². The van der Waals surface area contributed by atoms with Crippen molar-refractivity contribution in [2.75, 3.05) is 0 Å². The average Bonchev–Trinajstić information content (AvgIpc) is 2.42. The third-order valence-corrected chi connectivity index (χ3v) is 3.76. The molecule has 0 aliphatic carbocycles. The SMILES string of the molecule is CCC(C)(C)OOC(C)(CC(C)(C)OC(C)=O)OOC(C)(C)CC. The smallest absolute Gasteiger partial charge is 0.303 e. The van der Waals surface area contributed by atoms with Gasteiger partial charge in [0.25, 0.3) is 0 Å². The fraction of sp³-hybridized carbons (Fsp3) is 0.944. The van der Waals surface area contributed by atoms with Gasteiger partial charge in [0.1, 0.15) is 5.60 Å². The largest absolute Gasteiger partial charge is 0.460 e. The number of carbonyl (C=O) groups excluding carboxylic acids is 1. The van der Waals surface area contributed by atoms with Gasteiger partial charge < -0.3 is 4.74 Å². The standard InChI is InChI=1S/C18H36O6/c1-11-15(4,5)21-23-18(10,24-22-16(6,7)12-2)13-17(8,9)20-14(3)19/h11-13H2,1-10H3. The zero-order chi connectivity index (χ0) is 19.2. The van der Waals surface area contributed by atoms with E-state index in [4.69, 9.17) is 24.3 Å². The van der Waals surface area contributed by atoms with Crippen LogP contribution in [0.25, 0.3) is 0 Å². The fourth-order valence-electron chi connectivity index (χ4n) is 1.79. The molecule has 0 bridgehead atoms. The van der Waals surface area contributed by atoms with Crippen molar-refractivity contribution in [2.24, 2.45) is 0 Å². The Balaban J connectivity index is 5.15. The van der Waals surface area contributed by atoms with Crippen LogP contribution >= 0.6 is 0 Å². The third kappa shape index (κ3) is 9.57. The van der Waals surface area contributed by atoms with Gasteiger partial charge >= 0.3 is 5.97 Å². The Kier molecular flexibility index (Phi) is 8.36. The van der Waals surface area contributed by atoms with Gasteiger partial charge in [-0.25, -0.2) is 9.78 Å². The van der Waals surface area contributed by atoms with E-state index in [0.717, 1.165) is 12.8 Å². The van der Waals surface area contributed by atoms with Crippen molar-refractivity contribution in [3.63, 3.8) is 0 Å². The maximum absolute atomic E-state index is 11.3. The van der Waals surface area contributed by atoms with Gasteiger partial charge in [0, 0.05) is 13.3 Å². The predicted molar refractivity (Wildman–Crippen MR) is 91.9 cm³/mol. The van der Waals surface area contributed by atoms with Crippen LogP contribution in [-0.2, 0) is 29.1 Å². The molecule has 0 saturated carbocycles. The van der Waals surface area contributed by atoms with Crippen molar-refractivity contribution in [1.29, 1.82) is 0 Å². The molecular formula is C18H36O6. The number of ether oxygens (including phenoxy) is 1. The first kappa shape index (κ1) is 23.3. The minimum Gasteiger partial charge on any atom is -0.460 e. The van der Waals surface area contributed by atoms with Crippen molar-refractivity contribution >= 4 is 5.97 Å². The number of esters is 1. The maximum Gasteiger partial charge on any atom is 0.303 e. The summed E-state index contributed by atoms with van der Waals surface area (Å²) in [5.74, 6) is -1.61. The van der Waals surface area contributed by atoms with Crippen LogP contribution in [0.2, 0.25) is 0 Å². The van der Waals surface area contributed by atoms with Gasteiger partial charge in [0.05, 0.1) is 11.2 Å². The van der Waals surface area contributed by atoms with Crippen LogP contribution in [0.4, 0.5) is 0 Å². The molecule has 0 radical (unpaired) electrons. The second-order valence-corrected chi connectivity index (χ2v) is 8.22. The maximum atomic E-state index is 11.3. The molecular weight excluding hydrogens is 312 g/mol. The van der Waals surface area contributed by atoms with Crippen LogP contribution in [-0.4, -0.2) is 28.6 Å². The molecule has 0 unspecified atom stereocenters. The quantitative estimate of drug-likeness (QED) is 0.233. The summed E-state index contributed by atoms with van der Waals surface area (Å²) < 4.78 is 5.34. The van der Waals surface area contributed by atoms with E-state index in [1.54, 1.807) is 20.8 Å². The summed E-state index contributed by atoms with van der Waals surface area (Å²) in [6.45, 7) is 18.3. The van der Waals surface area contributed by atoms with Crippen LogP contribution in [0.3, 0.4) is 0 Å². The Bertz CT molecular complexity index is 380. The second kappa shape index (κ2) is 8.61. The van der Waals surface area contributed by atoms with Crippen molar-refractivity contribution < 1.29 is 29.1 Å². The van der Waals surface area contributed by atoms with Crippen molar-refractivity contribution in [3.05, 3.63) is 0 Å². The fourth-order valence-corrected chi connectivity index (χ4v) is 1.79. The van der Waals surface area contributed by atoms with Crippen molar-refractivity contribution in [2.45, 2.75) is 111 Å². The molecule has 0 N–H and O–H groups in total. The minimum atomic E-state index is -1.24. The van der Waals surface area contributed by atoms with E-state index in [9.17, 15) is 4.79 Å². The summed E-state index contributed by atoms with van der Waals surface area (Å²) in [5.41, 5.74) is -1.76. The molecule has 144 valence electrons. The number of hydrogen-bond acceptors (Lipinski definition) is 6. The highest BCUT2D eigenvalue weighted by Gasteiger charge is 2.41. The molecule has 0 rings (SSSR count). The van der Waals surface area contributed by atoms with E-state index in [-0.39, 0.29) is 12.4 Å². The van der Waals surface area contributed by atoms with Gasteiger partial charge in [0.15, 0.2) is 0 Å². The first-order valence-corrected chi connectivity index (χ1v) is 8.59. The van der Waals surface area contributed by atoms with Gasteiger partial charge in [0.2, 0.25) is 5.79 Å². The average molecular weight is 348 g/mol. The van der Waals surface area contributed by atoms with Crippen LogP contribution < -0.4 is 0 Å². The summed E-state index contributed by atoms with van der Waals surface area (Å²) in [7, 11) is 0. The molecule has 0 aromatic rings. The summed E-state index contributed by atoms with van der Waals surface area (Å²) >= 11 is 0. The van der Waals surface area contributed by atoms with E-state index in [2.05, 4.69) is 0 Å². The topological polar surface area (TPSA) is 63.2 Å². The van der Waals surface area contributed by atoms with E-state index < -0.39 is 22.6 Å². The Morgan fingerprint density at radius 2 is 1.08 bits per heavy atom. The molecule has 0 aliphatic heterocycles. The molecule has 24 heavy (non-hydrogen) atoms. The normalized spacial score (nSPS) is 13.9. The van der Waals surface area contributed by atoms with Crippen LogP contribution in [0.5, 0.6) is 0 Å². The summed E-state index contributed by atoms with van der Waals surface area (Å²) in [6, 6.07) is 0. The molecule has 0 atom stereocenters. The first-order chi connectivity index (χ1) is 10.7. The van der Waals surface area contributed by atoms with Gasteiger partial charge in [-0.05, 0) is 61.3 Å². The zero-order valence-corrected chi connectivity index (χ0v) is 17.1. The Labute approximate surface area is 147 Å². The predicted octanol–water partition coefficient (Wildman–Crippen LogP) is 4.71. The molecule has 0 fully saturated rings. The summed E-state index contributed by atoms with van der Waals surface area (Å²) in [6.07, 6.45) is 1.76. The van der Waals surface area contributed by atoms with Crippen LogP contribution in [0.15, 0.2) is 0 Å². The third-order valence-electron chi connectivity index (χ3n) is 3.76. The molecule has 0 spiro atoms. The van der Waals surface area contributed by atoms with E-state index in [1.165, 1.54) is 6.92 Å². The van der Waals surface area contributed by atoms with Gasteiger partial charge in [-0.1, -0.05) is 13.8 Å². The van der Waals surface area contributed by atoms with Gasteiger partial charge in [-0.2, -0.15) is 9.78 Å². The Morgan fingerprint density at radius 3 is 1.38 bits per heavy atom. The van der Waals surface area contributed by atoms with E-state index in [1.807, 2.05) is 41.5 Å². The molecule has 6 heteroatoms. The highest BCUT2D eigenvalue weighted by atomic mass is 17.3. The van der Waals surface area contributed by atoms with E-state index >= 15 is 0 Å². The Hall–Kier alpha value is -0.690. The first-order valence-electron chi connectivity index (χ1n) is 8.59. The lowest BCUT2D eigenvalue weighted by Gasteiger charge is -2.38. The second-order valence-electron chi connectivity index (χ2n) is 8.22. The summed E-state index contributed by atoms with van der Waals surface area (Å²) in [5, 5.41) is 0. The van der Waals surface area contributed by atoms with Gasteiger partial charge in [-0.3, -0.25) is 4.79 Å². The lowest BCUT2D eigenvalue weighted by atomic mass is 9.99. The zero-order valence-electron chi connectivity index (χ0n) is 17.1. The lowest BCUT2D eigenvalue weighted by Crippen LogP contribution is -2.45. The molecule has 0 saturated heterocycles. The molecule has 0 aliphatic rings. The van der Waals surface area contributed by atoms with Crippen LogP contribution in [0.1, 0.15) is 88.5 Å². The lowest BCUT2D eigenvalue weighted by molar-refractivity contribution is -0.543. The highest BCUT2D eigenvalue weighted by molar-refractivity contribution is 5.66. The number of carbonyl (C=O) groups is 1. The van der Waals surface area contributed by atoms with Crippen molar-refractivity contribution in [3.8, 4) is 0 Å². The van der Waals surface area contributed by atoms with Gasteiger partial charge in [-0.15, -0.1) is 0 Å². The number of rotatable bonds is 11. The molecule has 0 aromatic carbocycles. The number of hydrogen-bond donors (Lipinski definition) is 0. The molecule has 0 heterocycles. The molecule has 0 aromatic heterocycles. The minimum absolute atomic E-state index is 0.235. The van der Waals surface area contributed by atoms with Crippen molar-refractivity contribution in [1.82, 2.24) is 0 Å². The van der Waals surface area contributed by atoms with E-state index in [0.29, 0.717) is 0 Å². The molecule has 0 amide bonds. The Morgan fingerprint density at radius 1 is 0.708 bits per heavy atom. The summed E-state index contributed by atoms with van der Waals surface area (Å²) in [4.78, 5) is 33.6. The highest BCUT2D eigenvalue weighted by Crippen LogP contribution is 2.32.